The van der Waals surface area contributed by atoms with E-state index in [9.17, 15) is 22.9 Å². The third-order valence-corrected chi connectivity index (χ3v) is 10.2. The Morgan fingerprint density at radius 3 is 2.31 bits per heavy atom. The number of aryl methyl sites for hydroxylation is 1. The second kappa shape index (κ2) is 11.0. The van der Waals surface area contributed by atoms with E-state index < -0.39 is 9.84 Å². The van der Waals surface area contributed by atoms with E-state index in [1.54, 1.807) is 29.8 Å². The predicted molar refractivity (Wildman–Crippen MR) is 151 cm³/mol. The zero-order chi connectivity index (χ0) is 27.7. The van der Waals surface area contributed by atoms with E-state index in [2.05, 4.69) is 20.9 Å². The molecule has 0 radical (unpaired) electrons. The van der Waals surface area contributed by atoms with Crippen molar-refractivity contribution in [2.75, 3.05) is 34.9 Å². The van der Waals surface area contributed by atoms with Crippen molar-refractivity contribution in [2.24, 2.45) is 13.0 Å². The molecule has 0 bridgehead atoms. The van der Waals surface area contributed by atoms with Crippen molar-refractivity contribution in [2.45, 2.75) is 50.6 Å². The summed E-state index contributed by atoms with van der Waals surface area (Å²) in [5.74, 6) is 0.477. The van der Waals surface area contributed by atoms with E-state index in [1.807, 2.05) is 19.2 Å². The van der Waals surface area contributed by atoms with E-state index in [4.69, 9.17) is 0 Å². The number of fused-ring (bicyclic) bond motifs is 1. The first kappa shape index (κ1) is 27.1. The quantitative estimate of drug-likeness (QED) is 0.456. The maximum atomic E-state index is 13.7. The molecule has 1 saturated carbocycles. The fourth-order valence-electron chi connectivity index (χ4n) is 6.09. The SMILES string of the molecule is CN(c1cc(=O)n(C)c2ccc(C#N)nc12)C1CCC(N(CC2CCS(=O)(=O)CC2)c2ccc(F)cc2)CC1. The number of aromatic nitrogens is 2. The van der Waals surface area contributed by atoms with Crippen molar-refractivity contribution in [3.05, 3.63) is 64.3 Å². The topological polar surface area (TPSA) is 99.3 Å². The molecule has 0 spiro atoms. The average molecular weight is 552 g/mol. The lowest BCUT2D eigenvalue weighted by Gasteiger charge is -2.43. The zero-order valence-electron chi connectivity index (χ0n) is 22.4. The standard InChI is InChI=1S/C29H34FN5O3S/c1-33(27-17-28(36)34(2)26-12-5-22(18-31)32-29(26)27)23-8-10-25(11-9-23)35(24-6-3-21(30)4-7-24)19-20-13-15-39(37,38)16-14-20/h3-7,12,17,20,23,25H,8-11,13-16,19H2,1-2H3. The number of nitriles is 1. The lowest BCUT2D eigenvalue weighted by atomic mass is 9.88. The zero-order valence-corrected chi connectivity index (χ0v) is 23.2. The van der Waals surface area contributed by atoms with Crippen LogP contribution in [0.2, 0.25) is 0 Å². The fraction of sp³-hybridized carbons (Fsp3) is 0.483. The predicted octanol–water partition coefficient (Wildman–Crippen LogP) is 4.02. The molecule has 206 valence electrons. The van der Waals surface area contributed by atoms with Gasteiger partial charge >= 0.3 is 0 Å². The number of pyridine rings is 2. The van der Waals surface area contributed by atoms with Gasteiger partial charge in [-0.05, 0) is 80.8 Å². The van der Waals surface area contributed by atoms with Gasteiger partial charge in [0.05, 0.1) is 22.7 Å². The van der Waals surface area contributed by atoms with Crippen molar-refractivity contribution in [3.63, 3.8) is 0 Å². The van der Waals surface area contributed by atoms with Crippen LogP contribution < -0.4 is 15.4 Å². The second-order valence-corrected chi connectivity index (χ2v) is 13.2. The Hall–Kier alpha value is -3.45. The highest BCUT2D eigenvalue weighted by Gasteiger charge is 2.32. The highest BCUT2D eigenvalue weighted by Crippen LogP contribution is 2.34. The van der Waals surface area contributed by atoms with Crippen molar-refractivity contribution in [1.82, 2.24) is 9.55 Å². The summed E-state index contributed by atoms with van der Waals surface area (Å²) in [6.45, 7) is 0.756. The Morgan fingerprint density at radius 2 is 1.67 bits per heavy atom. The Bertz CT molecular complexity index is 1540. The number of hydrogen-bond donors (Lipinski definition) is 0. The Morgan fingerprint density at radius 1 is 1.03 bits per heavy atom. The molecule has 1 aromatic carbocycles. The van der Waals surface area contributed by atoms with Gasteiger partial charge in [0.1, 0.15) is 32.9 Å². The van der Waals surface area contributed by atoms with Gasteiger partial charge in [-0.3, -0.25) is 4.79 Å². The van der Waals surface area contributed by atoms with Gasteiger partial charge in [-0.15, -0.1) is 0 Å². The second-order valence-electron chi connectivity index (χ2n) is 10.9. The van der Waals surface area contributed by atoms with Crippen LogP contribution in [0.1, 0.15) is 44.2 Å². The molecular formula is C29H34FN5O3S. The maximum absolute atomic E-state index is 13.7. The van der Waals surface area contributed by atoms with Gasteiger partial charge < -0.3 is 14.4 Å². The minimum absolute atomic E-state index is 0.124. The number of nitrogens with zero attached hydrogens (tertiary/aromatic N) is 5. The molecule has 3 aromatic rings. The van der Waals surface area contributed by atoms with E-state index in [1.165, 1.54) is 12.1 Å². The van der Waals surface area contributed by atoms with Crippen LogP contribution in [0.5, 0.6) is 0 Å². The summed E-state index contributed by atoms with van der Waals surface area (Å²) < 4.78 is 39.2. The molecule has 0 unspecified atom stereocenters. The van der Waals surface area contributed by atoms with E-state index >= 15 is 0 Å². The normalized spacial score (nSPS) is 21.4. The summed E-state index contributed by atoms with van der Waals surface area (Å²) in [6, 6.07) is 14.1. The van der Waals surface area contributed by atoms with Gasteiger partial charge in [0.25, 0.3) is 5.56 Å². The maximum Gasteiger partial charge on any atom is 0.252 e. The summed E-state index contributed by atoms with van der Waals surface area (Å²) in [7, 11) is 0.758. The van der Waals surface area contributed by atoms with E-state index in [0.29, 0.717) is 29.6 Å². The van der Waals surface area contributed by atoms with Crippen LogP contribution in [0.4, 0.5) is 15.8 Å². The molecular weight excluding hydrogens is 517 g/mol. The van der Waals surface area contributed by atoms with Crippen LogP contribution in [0.3, 0.4) is 0 Å². The molecule has 10 heteroatoms. The molecule has 8 nitrogen and oxygen atoms in total. The van der Waals surface area contributed by atoms with Crippen LogP contribution in [-0.4, -0.2) is 55.2 Å². The summed E-state index contributed by atoms with van der Waals surface area (Å²) in [4.78, 5) is 21.7. The number of anilines is 2. The third kappa shape index (κ3) is 5.78. The molecule has 0 atom stereocenters. The molecule has 1 saturated heterocycles. The van der Waals surface area contributed by atoms with Gasteiger partial charge in [0, 0.05) is 44.5 Å². The molecule has 39 heavy (non-hydrogen) atoms. The smallest absolute Gasteiger partial charge is 0.252 e. The summed E-state index contributed by atoms with van der Waals surface area (Å²) in [6.07, 6.45) is 4.94. The Labute approximate surface area is 228 Å². The van der Waals surface area contributed by atoms with Gasteiger partial charge in [-0.2, -0.15) is 5.26 Å². The molecule has 2 fully saturated rings. The first-order valence-corrected chi connectivity index (χ1v) is 15.3. The molecule has 1 aliphatic carbocycles. The Balaban J connectivity index is 1.35. The van der Waals surface area contributed by atoms with Crippen LogP contribution in [0, 0.1) is 23.1 Å². The monoisotopic (exact) mass is 551 g/mol. The minimum atomic E-state index is -2.94. The lowest BCUT2D eigenvalue weighted by molar-refractivity contribution is 0.348. The summed E-state index contributed by atoms with van der Waals surface area (Å²) in [5.41, 5.74) is 3.21. The molecule has 2 aromatic heterocycles. The van der Waals surface area contributed by atoms with Crippen molar-refractivity contribution in [1.29, 1.82) is 5.26 Å². The highest BCUT2D eigenvalue weighted by atomic mass is 32.2. The van der Waals surface area contributed by atoms with Gasteiger partial charge in [0.2, 0.25) is 0 Å². The highest BCUT2D eigenvalue weighted by molar-refractivity contribution is 7.91. The van der Waals surface area contributed by atoms with Crippen LogP contribution in [0.25, 0.3) is 11.0 Å². The van der Waals surface area contributed by atoms with Gasteiger partial charge in [-0.25, -0.2) is 17.8 Å². The molecule has 5 rings (SSSR count). The number of hydrogen-bond acceptors (Lipinski definition) is 7. The van der Waals surface area contributed by atoms with Crippen LogP contribution in [0.15, 0.2) is 47.3 Å². The first-order valence-electron chi connectivity index (χ1n) is 13.5. The molecule has 2 aliphatic rings. The Kier molecular flexibility index (Phi) is 7.63. The first-order chi connectivity index (χ1) is 18.6. The number of halogens is 1. The molecule has 0 N–H and O–H groups in total. The molecule has 0 amide bonds. The molecule has 1 aliphatic heterocycles. The number of rotatable bonds is 6. The van der Waals surface area contributed by atoms with Crippen molar-refractivity contribution < 1.29 is 12.8 Å². The lowest BCUT2D eigenvalue weighted by Crippen LogP contribution is -2.46. The van der Waals surface area contributed by atoms with Crippen LogP contribution >= 0.6 is 0 Å². The summed E-state index contributed by atoms with van der Waals surface area (Å²) >= 11 is 0. The van der Waals surface area contributed by atoms with Crippen LogP contribution in [-0.2, 0) is 16.9 Å². The number of sulfone groups is 1. The summed E-state index contributed by atoms with van der Waals surface area (Å²) in [5, 5.41) is 9.38. The van der Waals surface area contributed by atoms with Crippen molar-refractivity contribution in [3.8, 4) is 6.07 Å². The van der Waals surface area contributed by atoms with E-state index in [-0.39, 0.29) is 40.9 Å². The average Bonchev–Trinajstić information content (AvgIpc) is 2.94. The fourth-order valence-corrected chi connectivity index (χ4v) is 7.68. The van der Waals surface area contributed by atoms with E-state index in [0.717, 1.165) is 43.6 Å². The molecule has 3 heterocycles. The van der Waals surface area contributed by atoms with Crippen molar-refractivity contribution >= 4 is 32.2 Å². The van der Waals surface area contributed by atoms with Gasteiger partial charge in [-0.1, -0.05) is 0 Å². The number of benzene rings is 1. The van der Waals surface area contributed by atoms with Gasteiger partial charge in [0.15, 0.2) is 0 Å². The minimum Gasteiger partial charge on any atom is -0.370 e. The third-order valence-electron chi connectivity index (χ3n) is 8.51. The largest absolute Gasteiger partial charge is 0.370 e.